The van der Waals surface area contributed by atoms with Gasteiger partial charge in [0, 0.05) is 43.2 Å². The zero-order chi connectivity index (χ0) is 13.1. The molecule has 0 bridgehead atoms. The first-order valence-electron chi connectivity index (χ1n) is 6.84. The number of fused-ring (bicyclic) bond motifs is 1. The van der Waals surface area contributed by atoms with Gasteiger partial charge in [-0.2, -0.15) is 0 Å². The number of hydrogen-bond acceptors (Lipinski definition) is 4. The Balaban J connectivity index is 1.92. The van der Waals surface area contributed by atoms with Gasteiger partial charge in [0.15, 0.2) is 0 Å². The quantitative estimate of drug-likeness (QED) is 0.907. The summed E-state index contributed by atoms with van der Waals surface area (Å²) < 4.78 is 0. The van der Waals surface area contributed by atoms with Crippen molar-refractivity contribution in [2.75, 3.05) is 0 Å². The zero-order valence-corrected chi connectivity index (χ0v) is 11.2. The molecule has 0 radical (unpaired) electrons. The van der Waals surface area contributed by atoms with Crippen LogP contribution in [0, 0.1) is 0 Å². The highest BCUT2D eigenvalue weighted by molar-refractivity contribution is 5.30. The van der Waals surface area contributed by atoms with Crippen LogP contribution in [0.25, 0.3) is 0 Å². The molecule has 1 aliphatic rings. The van der Waals surface area contributed by atoms with Crippen LogP contribution >= 0.6 is 0 Å². The van der Waals surface area contributed by atoms with Crippen molar-refractivity contribution in [3.8, 4) is 0 Å². The third-order valence-electron chi connectivity index (χ3n) is 3.42. The molecule has 0 unspecified atom stereocenters. The van der Waals surface area contributed by atoms with Crippen molar-refractivity contribution < 1.29 is 0 Å². The Hall–Kier alpha value is -1.81. The average Bonchev–Trinajstić information content (AvgIpc) is 2.89. The monoisotopic (exact) mass is 254 g/mol. The van der Waals surface area contributed by atoms with E-state index in [1.165, 1.54) is 22.5 Å². The van der Waals surface area contributed by atoms with Crippen LogP contribution in [0.5, 0.6) is 0 Å². The summed E-state index contributed by atoms with van der Waals surface area (Å²) >= 11 is 0. The number of aryl methyl sites for hydroxylation is 1. The summed E-state index contributed by atoms with van der Waals surface area (Å²) in [6, 6.07) is 4.04. The van der Waals surface area contributed by atoms with Gasteiger partial charge < -0.3 is 5.32 Å². The Labute approximate surface area is 113 Å². The number of hydrogen-bond donors (Lipinski definition) is 1. The SMILES string of the molecule is CCCc1nc(Cc2ccncc2)nc2c1CNC2. The third kappa shape index (κ3) is 2.63. The Morgan fingerprint density at radius 2 is 2.00 bits per heavy atom. The summed E-state index contributed by atoms with van der Waals surface area (Å²) in [6.07, 6.45) is 6.58. The fraction of sp³-hybridized carbons (Fsp3) is 0.400. The van der Waals surface area contributed by atoms with E-state index in [1.807, 2.05) is 24.5 Å². The second-order valence-corrected chi connectivity index (χ2v) is 4.90. The molecule has 3 heterocycles. The molecule has 2 aromatic heterocycles. The Morgan fingerprint density at radius 3 is 2.79 bits per heavy atom. The van der Waals surface area contributed by atoms with Crippen LogP contribution in [-0.2, 0) is 25.9 Å². The molecule has 0 fully saturated rings. The van der Waals surface area contributed by atoms with E-state index in [1.54, 1.807) is 0 Å². The molecule has 4 nitrogen and oxygen atoms in total. The zero-order valence-electron chi connectivity index (χ0n) is 11.2. The second kappa shape index (κ2) is 5.45. The van der Waals surface area contributed by atoms with E-state index in [-0.39, 0.29) is 0 Å². The molecule has 3 rings (SSSR count). The van der Waals surface area contributed by atoms with Gasteiger partial charge in [0.25, 0.3) is 0 Å². The maximum absolute atomic E-state index is 4.76. The van der Waals surface area contributed by atoms with Gasteiger partial charge in [0.05, 0.1) is 5.69 Å². The minimum Gasteiger partial charge on any atom is -0.307 e. The first kappa shape index (κ1) is 12.2. The van der Waals surface area contributed by atoms with Crippen LogP contribution in [0.15, 0.2) is 24.5 Å². The molecule has 0 aliphatic carbocycles. The Kier molecular flexibility index (Phi) is 3.51. The van der Waals surface area contributed by atoms with Crippen LogP contribution < -0.4 is 5.32 Å². The highest BCUT2D eigenvalue weighted by Gasteiger charge is 2.18. The van der Waals surface area contributed by atoms with E-state index in [9.17, 15) is 0 Å². The maximum Gasteiger partial charge on any atom is 0.133 e. The predicted molar refractivity (Wildman–Crippen MR) is 73.6 cm³/mol. The van der Waals surface area contributed by atoms with Crippen LogP contribution in [0.2, 0.25) is 0 Å². The Morgan fingerprint density at radius 1 is 1.16 bits per heavy atom. The lowest BCUT2D eigenvalue weighted by Gasteiger charge is -2.09. The van der Waals surface area contributed by atoms with E-state index in [4.69, 9.17) is 9.97 Å². The lowest BCUT2D eigenvalue weighted by atomic mass is 10.1. The van der Waals surface area contributed by atoms with Crippen molar-refractivity contribution in [1.82, 2.24) is 20.3 Å². The molecule has 1 aliphatic heterocycles. The van der Waals surface area contributed by atoms with Gasteiger partial charge in [0.2, 0.25) is 0 Å². The third-order valence-corrected chi connectivity index (χ3v) is 3.42. The summed E-state index contributed by atoms with van der Waals surface area (Å²) in [7, 11) is 0. The van der Waals surface area contributed by atoms with E-state index in [0.29, 0.717) is 0 Å². The first-order valence-corrected chi connectivity index (χ1v) is 6.84. The number of aromatic nitrogens is 3. The van der Waals surface area contributed by atoms with Crippen molar-refractivity contribution in [2.45, 2.75) is 39.3 Å². The van der Waals surface area contributed by atoms with Crippen LogP contribution in [-0.4, -0.2) is 15.0 Å². The Bertz CT molecular complexity index is 566. The van der Waals surface area contributed by atoms with E-state index in [2.05, 4.69) is 17.2 Å². The fourth-order valence-electron chi connectivity index (χ4n) is 2.50. The molecule has 0 aromatic carbocycles. The van der Waals surface area contributed by atoms with Gasteiger partial charge >= 0.3 is 0 Å². The minimum absolute atomic E-state index is 0.784. The summed E-state index contributed by atoms with van der Waals surface area (Å²) in [5.74, 6) is 0.928. The molecule has 4 heteroatoms. The van der Waals surface area contributed by atoms with Gasteiger partial charge in [-0.3, -0.25) is 4.98 Å². The molecule has 19 heavy (non-hydrogen) atoms. The number of nitrogens with zero attached hydrogens (tertiary/aromatic N) is 3. The highest BCUT2D eigenvalue weighted by Crippen LogP contribution is 2.19. The second-order valence-electron chi connectivity index (χ2n) is 4.90. The summed E-state index contributed by atoms with van der Waals surface area (Å²) in [5, 5.41) is 3.37. The van der Waals surface area contributed by atoms with Crippen LogP contribution in [0.3, 0.4) is 0 Å². The average molecular weight is 254 g/mol. The van der Waals surface area contributed by atoms with Crippen LogP contribution in [0.4, 0.5) is 0 Å². The smallest absolute Gasteiger partial charge is 0.133 e. The van der Waals surface area contributed by atoms with Crippen molar-refractivity contribution in [3.63, 3.8) is 0 Å². The van der Waals surface area contributed by atoms with Gasteiger partial charge in [0.1, 0.15) is 5.82 Å². The topological polar surface area (TPSA) is 50.7 Å². The molecule has 0 spiro atoms. The first-order chi connectivity index (χ1) is 9.36. The van der Waals surface area contributed by atoms with Crippen molar-refractivity contribution >= 4 is 0 Å². The van der Waals surface area contributed by atoms with Crippen molar-refractivity contribution in [2.24, 2.45) is 0 Å². The van der Waals surface area contributed by atoms with E-state index in [0.717, 1.165) is 38.2 Å². The standard InChI is InChI=1S/C15H18N4/c1-2-3-13-12-9-17-10-14(12)19-15(18-13)8-11-4-6-16-7-5-11/h4-7,17H,2-3,8-10H2,1H3. The van der Waals surface area contributed by atoms with E-state index < -0.39 is 0 Å². The van der Waals surface area contributed by atoms with E-state index >= 15 is 0 Å². The largest absolute Gasteiger partial charge is 0.307 e. The molecule has 2 aromatic rings. The molecular formula is C15H18N4. The molecule has 0 amide bonds. The van der Waals surface area contributed by atoms with Gasteiger partial charge in [-0.25, -0.2) is 9.97 Å². The lowest BCUT2D eigenvalue weighted by molar-refractivity contribution is 0.753. The fourth-order valence-corrected chi connectivity index (χ4v) is 2.50. The normalized spacial score (nSPS) is 13.5. The number of rotatable bonds is 4. The number of pyridine rings is 1. The molecule has 98 valence electrons. The lowest BCUT2D eigenvalue weighted by Crippen LogP contribution is -2.06. The molecule has 0 saturated carbocycles. The molecule has 0 saturated heterocycles. The predicted octanol–water partition coefficient (Wildman–Crippen LogP) is 2.02. The minimum atomic E-state index is 0.784. The van der Waals surface area contributed by atoms with Crippen LogP contribution in [0.1, 0.15) is 41.7 Å². The summed E-state index contributed by atoms with van der Waals surface area (Å²) in [4.78, 5) is 13.5. The molecular weight excluding hydrogens is 236 g/mol. The number of nitrogens with one attached hydrogen (secondary N) is 1. The van der Waals surface area contributed by atoms with Gasteiger partial charge in [-0.05, 0) is 24.1 Å². The molecule has 0 atom stereocenters. The highest BCUT2D eigenvalue weighted by atomic mass is 15.0. The summed E-state index contributed by atoms with van der Waals surface area (Å²) in [5.41, 5.74) is 4.94. The molecule has 1 N–H and O–H groups in total. The van der Waals surface area contributed by atoms with Crippen molar-refractivity contribution in [1.29, 1.82) is 0 Å². The maximum atomic E-state index is 4.76. The van der Waals surface area contributed by atoms with Gasteiger partial charge in [-0.1, -0.05) is 13.3 Å². The summed E-state index contributed by atoms with van der Waals surface area (Å²) in [6.45, 7) is 3.98. The van der Waals surface area contributed by atoms with Gasteiger partial charge in [-0.15, -0.1) is 0 Å². The van der Waals surface area contributed by atoms with Crippen molar-refractivity contribution in [3.05, 3.63) is 52.9 Å².